The molecule has 2 heterocycles. The molecule has 4 rings (SSSR count). The second-order valence-electron chi connectivity index (χ2n) is 8.43. The molecule has 0 radical (unpaired) electrons. The number of benzene rings is 2. The van der Waals surface area contributed by atoms with E-state index in [9.17, 15) is 22.8 Å². The van der Waals surface area contributed by atoms with Crippen LogP contribution in [0.5, 0.6) is 0 Å². The van der Waals surface area contributed by atoms with Crippen LogP contribution in [0.4, 0.5) is 29.7 Å². The molecule has 0 saturated carbocycles. The number of carbonyl (C=O) groups is 2. The maximum atomic E-state index is 13.0. The highest BCUT2D eigenvalue weighted by molar-refractivity contribution is 7.17. The van der Waals surface area contributed by atoms with Gasteiger partial charge in [-0.25, -0.2) is 4.98 Å². The van der Waals surface area contributed by atoms with Gasteiger partial charge in [0.25, 0.3) is 11.8 Å². The van der Waals surface area contributed by atoms with Crippen molar-refractivity contribution in [3.8, 4) is 0 Å². The Morgan fingerprint density at radius 1 is 1.08 bits per heavy atom. The number of aryl methyl sites for hydroxylation is 1. The van der Waals surface area contributed by atoms with Crippen molar-refractivity contribution in [3.05, 3.63) is 70.2 Å². The third kappa shape index (κ3) is 7.28. The first-order valence-corrected chi connectivity index (χ1v) is 12.4. The fourth-order valence-electron chi connectivity index (χ4n) is 3.66. The molecule has 1 saturated heterocycles. The predicted molar refractivity (Wildman–Crippen MR) is 136 cm³/mol. The molecule has 1 aliphatic rings. The SMILES string of the molecule is Cc1ccc(C(=O)Nc2cccc(C(F)(F)F)c2)cc1NC(=O)c1cnc(NCCN2CCOCC2)s1. The number of hydrogen-bond donors (Lipinski definition) is 3. The summed E-state index contributed by atoms with van der Waals surface area (Å²) in [6.45, 7) is 6.56. The molecule has 0 unspecified atom stereocenters. The molecular weight excluding hydrogens is 507 g/mol. The summed E-state index contributed by atoms with van der Waals surface area (Å²) in [6, 6.07) is 9.07. The Kier molecular flexibility index (Phi) is 8.41. The second kappa shape index (κ2) is 11.7. The van der Waals surface area contributed by atoms with Gasteiger partial charge in [-0.3, -0.25) is 14.5 Å². The number of hydrogen-bond acceptors (Lipinski definition) is 7. The first-order chi connectivity index (χ1) is 17.7. The number of nitrogens with zero attached hydrogens (tertiary/aromatic N) is 2. The smallest absolute Gasteiger partial charge is 0.379 e. The molecule has 1 aromatic heterocycles. The number of aromatic nitrogens is 1. The van der Waals surface area contributed by atoms with Crippen LogP contribution < -0.4 is 16.0 Å². The molecule has 2 amide bonds. The Morgan fingerprint density at radius 2 is 1.86 bits per heavy atom. The van der Waals surface area contributed by atoms with E-state index < -0.39 is 17.6 Å². The number of morpholine rings is 1. The monoisotopic (exact) mass is 533 g/mol. The number of rotatable bonds is 8. The van der Waals surface area contributed by atoms with E-state index >= 15 is 0 Å². The van der Waals surface area contributed by atoms with Gasteiger partial charge in [0.2, 0.25) is 0 Å². The first kappa shape index (κ1) is 26.6. The molecule has 0 spiro atoms. The predicted octanol–water partition coefficient (Wildman–Crippen LogP) is 4.72. The average molecular weight is 534 g/mol. The maximum absolute atomic E-state index is 13.0. The lowest BCUT2D eigenvalue weighted by atomic mass is 10.1. The molecule has 12 heteroatoms. The molecule has 196 valence electrons. The lowest BCUT2D eigenvalue weighted by Gasteiger charge is -2.26. The zero-order valence-electron chi connectivity index (χ0n) is 20.0. The standard InChI is InChI=1S/C25H26F3N5O3S/c1-16-5-6-17(22(34)31-19-4-2-3-18(14-19)25(26,27)28)13-20(16)32-23(35)21-15-30-24(37-21)29-7-8-33-9-11-36-12-10-33/h2-6,13-15H,7-12H2,1H3,(H,29,30)(H,31,34)(H,32,35). The van der Waals surface area contributed by atoms with E-state index in [4.69, 9.17) is 4.74 Å². The summed E-state index contributed by atoms with van der Waals surface area (Å²) in [4.78, 5) is 32.4. The maximum Gasteiger partial charge on any atom is 0.416 e. The second-order valence-corrected chi connectivity index (χ2v) is 9.46. The van der Waals surface area contributed by atoms with Crippen molar-refractivity contribution in [2.24, 2.45) is 0 Å². The van der Waals surface area contributed by atoms with E-state index in [0.717, 1.165) is 50.5 Å². The van der Waals surface area contributed by atoms with Crippen molar-refractivity contribution in [3.63, 3.8) is 0 Å². The van der Waals surface area contributed by atoms with Crippen LogP contribution in [0.3, 0.4) is 0 Å². The highest BCUT2D eigenvalue weighted by Crippen LogP contribution is 2.31. The number of carbonyl (C=O) groups excluding carboxylic acids is 2. The summed E-state index contributed by atoms with van der Waals surface area (Å²) in [5.41, 5.74) is 0.480. The lowest BCUT2D eigenvalue weighted by molar-refractivity contribution is -0.137. The topological polar surface area (TPSA) is 95.6 Å². The zero-order valence-corrected chi connectivity index (χ0v) is 20.8. The number of nitrogens with one attached hydrogen (secondary N) is 3. The molecule has 0 bridgehead atoms. The van der Waals surface area contributed by atoms with Crippen molar-refractivity contribution in [1.82, 2.24) is 9.88 Å². The molecular formula is C25H26F3N5O3S. The van der Waals surface area contributed by atoms with Gasteiger partial charge in [0.05, 0.1) is 25.0 Å². The fraction of sp³-hybridized carbons (Fsp3) is 0.320. The van der Waals surface area contributed by atoms with Gasteiger partial charge < -0.3 is 20.7 Å². The molecule has 8 nitrogen and oxygen atoms in total. The number of amides is 2. The van der Waals surface area contributed by atoms with Crippen molar-refractivity contribution in [1.29, 1.82) is 0 Å². The van der Waals surface area contributed by atoms with Gasteiger partial charge in [0.1, 0.15) is 4.88 Å². The van der Waals surface area contributed by atoms with Crippen LogP contribution in [-0.2, 0) is 10.9 Å². The van der Waals surface area contributed by atoms with Crippen LogP contribution >= 0.6 is 11.3 Å². The molecule has 37 heavy (non-hydrogen) atoms. The number of halogens is 3. The number of alkyl halides is 3. The first-order valence-electron chi connectivity index (χ1n) is 11.6. The molecule has 0 aliphatic carbocycles. The summed E-state index contributed by atoms with van der Waals surface area (Å²) in [5, 5.41) is 9.11. The third-order valence-corrected chi connectivity index (χ3v) is 6.69. The van der Waals surface area contributed by atoms with E-state index in [1.807, 2.05) is 0 Å². The van der Waals surface area contributed by atoms with Crippen LogP contribution in [0, 0.1) is 6.92 Å². The van der Waals surface area contributed by atoms with Gasteiger partial charge in [-0.1, -0.05) is 23.5 Å². The number of ether oxygens (including phenoxy) is 1. The Balaban J connectivity index is 1.36. The van der Waals surface area contributed by atoms with Crippen LogP contribution in [0.2, 0.25) is 0 Å². The minimum Gasteiger partial charge on any atom is -0.379 e. The van der Waals surface area contributed by atoms with Crippen LogP contribution in [0.15, 0.2) is 48.7 Å². The van der Waals surface area contributed by atoms with Gasteiger partial charge >= 0.3 is 6.18 Å². The van der Waals surface area contributed by atoms with Gasteiger partial charge in [-0.15, -0.1) is 0 Å². The van der Waals surface area contributed by atoms with Crippen molar-refractivity contribution < 1.29 is 27.5 Å². The van der Waals surface area contributed by atoms with Crippen LogP contribution in [0.25, 0.3) is 0 Å². The highest BCUT2D eigenvalue weighted by atomic mass is 32.1. The molecule has 2 aromatic carbocycles. The Morgan fingerprint density at radius 3 is 2.62 bits per heavy atom. The molecule has 0 atom stereocenters. The third-order valence-electron chi connectivity index (χ3n) is 5.73. The molecule has 3 N–H and O–H groups in total. The fourth-order valence-corrected chi connectivity index (χ4v) is 4.40. The summed E-state index contributed by atoms with van der Waals surface area (Å²) < 4.78 is 44.2. The quantitative estimate of drug-likeness (QED) is 0.388. The summed E-state index contributed by atoms with van der Waals surface area (Å²) >= 11 is 1.22. The number of thiazole rings is 1. The summed E-state index contributed by atoms with van der Waals surface area (Å²) in [5.74, 6) is -0.975. The van der Waals surface area contributed by atoms with Crippen LogP contribution in [0.1, 0.15) is 31.2 Å². The minimum atomic E-state index is -4.52. The normalized spacial score (nSPS) is 14.3. The van der Waals surface area contributed by atoms with Crippen molar-refractivity contribution >= 4 is 39.7 Å². The average Bonchev–Trinajstić information content (AvgIpc) is 3.35. The van der Waals surface area contributed by atoms with Gasteiger partial charge in [-0.2, -0.15) is 13.2 Å². The molecule has 1 aliphatic heterocycles. The Hall–Kier alpha value is -3.48. The molecule has 1 fully saturated rings. The van der Waals surface area contributed by atoms with E-state index in [1.165, 1.54) is 41.8 Å². The van der Waals surface area contributed by atoms with Crippen molar-refractivity contribution in [2.75, 3.05) is 55.3 Å². The van der Waals surface area contributed by atoms with Crippen molar-refractivity contribution in [2.45, 2.75) is 13.1 Å². The van der Waals surface area contributed by atoms with Crippen LogP contribution in [-0.4, -0.2) is 61.1 Å². The van der Waals surface area contributed by atoms with E-state index in [1.54, 1.807) is 13.0 Å². The minimum absolute atomic E-state index is 0.0179. The lowest BCUT2D eigenvalue weighted by Crippen LogP contribution is -2.38. The highest BCUT2D eigenvalue weighted by Gasteiger charge is 2.30. The van der Waals surface area contributed by atoms with Gasteiger partial charge in [-0.05, 0) is 42.8 Å². The zero-order chi connectivity index (χ0) is 26.4. The van der Waals surface area contributed by atoms with E-state index in [2.05, 4.69) is 25.8 Å². The van der Waals surface area contributed by atoms with Gasteiger partial charge in [0, 0.05) is 43.1 Å². The number of anilines is 3. The largest absolute Gasteiger partial charge is 0.416 e. The Bertz CT molecular complexity index is 1260. The van der Waals surface area contributed by atoms with E-state index in [-0.39, 0.29) is 17.2 Å². The summed E-state index contributed by atoms with van der Waals surface area (Å²) in [6.07, 6.45) is -3.03. The van der Waals surface area contributed by atoms with E-state index in [0.29, 0.717) is 22.2 Å². The molecule has 3 aromatic rings. The van der Waals surface area contributed by atoms with Gasteiger partial charge in [0.15, 0.2) is 5.13 Å². The summed E-state index contributed by atoms with van der Waals surface area (Å²) in [7, 11) is 0. The Labute approximate surface area is 215 Å².